The number of amides is 1. The fraction of sp³-hybridized carbons (Fsp3) is 0.286. The van der Waals surface area contributed by atoms with Gasteiger partial charge in [0.2, 0.25) is 0 Å². The molecule has 0 spiro atoms. The van der Waals surface area contributed by atoms with Crippen molar-refractivity contribution in [3.05, 3.63) is 65.2 Å². The number of fused-ring (bicyclic) bond motifs is 1. The molecule has 0 heterocycles. The van der Waals surface area contributed by atoms with Crippen LogP contribution >= 0.6 is 0 Å². The molecule has 3 rings (SSSR count). The van der Waals surface area contributed by atoms with Gasteiger partial charge in [-0.15, -0.1) is 0 Å². The first kappa shape index (κ1) is 18.6. The third-order valence-electron chi connectivity index (χ3n) is 4.44. The molecule has 2 aromatic carbocycles. The highest BCUT2D eigenvalue weighted by Crippen LogP contribution is 2.29. The Labute approximate surface area is 157 Å². The maximum absolute atomic E-state index is 12.1. The van der Waals surface area contributed by atoms with Gasteiger partial charge >= 0.3 is 5.97 Å². The fourth-order valence-corrected chi connectivity index (χ4v) is 3.11. The van der Waals surface area contributed by atoms with Crippen LogP contribution in [-0.4, -0.2) is 31.4 Å². The molecular formula is C21H21NO5. The van der Waals surface area contributed by atoms with E-state index in [-0.39, 0.29) is 25.2 Å². The van der Waals surface area contributed by atoms with E-state index in [0.29, 0.717) is 11.3 Å². The molecule has 0 aliphatic heterocycles. The second-order valence-corrected chi connectivity index (χ2v) is 6.35. The van der Waals surface area contributed by atoms with Gasteiger partial charge in [-0.1, -0.05) is 24.3 Å². The molecule has 6 nitrogen and oxygen atoms in total. The van der Waals surface area contributed by atoms with E-state index in [0.717, 1.165) is 31.1 Å². The number of aryl methyl sites for hydroxylation is 1. The Balaban J connectivity index is 1.42. The first-order chi connectivity index (χ1) is 13.2. The van der Waals surface area contributed by atoms with Gasteiger partial charge in [0.25, 0.3) is 5.91 Å². The molecule has 2 aromatic rings. The Bertz CT molecular complexity index is 816. The van der Waals surface area contributed by atoms with Gasteiger partial charge in [-0.05, 0) is 54.7 Å². The van der Waals surface area contributed by atoms with E-state index in [1.54, 1.807) is 24.3 Å². The van der Waals surface area contributed by atoms with Crippen LogP contribution in [0.2, 0.25) is 0 Å². The lowest BCUT2D eigenvalue weighted by atomic mass is 9.88. The highest BCUT2D eigenvalue weighted by Gasteiger charge is 2.21. The topological polar surface area (TPSA) is 81.7 Å². The van der Waals surface area contributed by atoms with E-state index in [1.807, 2.05) is 18.2 Å². The van der Waals surface area contributed by atoms with Crippen LogP contribution in [0, 0.1) is 0 Å². The van der Waals surface area contributed by atoms with Crippen molar-refractivity contribution >= 4 is 18.2 Å². The summed E-state index contributed by atoms with van der Waals surface area (Å²) in [5.41, 5.74) is 2.90. The second kappa shape index (κ2) is 8.98. The molecule has 1 atom stereocenters. The highest BCUT2D eigenvalue weighted by atomic mass is 16.6. The summed E-state index contributed by atoms with van der Waals surface area (Å²) in [7, 11) is 0. The van der Waals surface area contributed by atoms with Gasteiger partial charge in [-0.25, -0.2) is 4.79 Å². The lowest BCUT2D eigenvalue weighted by molar-refractivity contribution is -0.150. The minimum absolute atomic E-state index is 0.0475. The predicted octanol–water partition coefficient (Wildman–Crippen LogP) is 2.61. The van der Waals surface area contributed by atoms with Crippen molar-refractivity contribution in [2.24, 2.45) is 0 Å². The molecule has 0 aromatic heterocycles. The smallest absolute Gasteiger partial charge is 0.344 e. The molecule has 27 heavy (non-hydrogen) atoms. The van der Waals surface area contributed by atoms with Crippen molar-refractivity contribution in [3.8, 4) is 5.75 Å². The minimum Gasteiger partial charge on any atom is -0.482 e. The van der Waals surface area contributed by atoms with E-state index in [4.69, 9.17) is 9.47 Å². The average molecular weight is 367 g/mol. The summed E-state index contributed by atoms with van der Waals surface area (Å²) in [5.74, 6) is -0.519. The van der Waals surface area contributed by atoms with Crippen LogP contribution in [-0.2, 0) is 20.7 Å². The van der Waals surface area contributed by atoms with Gasteiger partial charge in [0.1, 0.15) is 12.0 Å². The van der Waals surface area contributed by atoms with Crippen molar-refractivity contribution in [3.63, 3.8) is 0 Å². The summed E-state index contributed by atoms with van der Waals surface area (Å²) < 4.78 is 10.2. The molecule has 1 aliphatic rings. The first-order valence-corrected chi connectivity index (χ1v) is 8.86. The fourth-order valence-electron chi connectivity index (χ4n) is 3.11. The molecule has 6 heteroatoms. The van der Waals surface area contributed by atoms with Crippen molar-refractivity contribution in [2.75, 3.05) is 13.2 Å². The summed E-state index contributed by atoms with van der Waals surface area (Å²) in [5, 5.41) is 2.93. The maximum Gasteiger partial charge on any atom is 0.344 e. The summed E-state index contributed by atoms with van der Waals surface area (Å²) in [6.07, 6.45) is 3.62. The van der Waals surface area contributed by atoms with Gasteiger partial charge in [0.15, 0.2) is 13.2 Å². The van der Waals surface area contributed by atoms with Crippen molar-refractivity contribution < 1.29 is 23.9 Å². The number of rotatable bonds is 7. The van der Waals surface area contributed by atoms with Gasteiger partial charge < -0.3 is 14.8 Å². The number of hydrogen-bond acceptors (Lipinski definition) is 5. The van der Waals surface area contributed by atoms with Crippen LogP contribution < -0.4 is 10.1 Å². The van der Waals surface area contributed by atoms with Crippen molar-refractivity contribution in [1.82, 2.24) is 5.32 Å². The predicted molar refractivity (Wildman–Crippen MR) is 98.5 cm³/mol. The van der Waals surface area contributed by atoms with Gasteiger partial charge in [-0.2, -0.15) is 0 Å². The summed E-state index contributed by atoms with van der Waals surface area (Å²) in [4.78, 5) is 34.5. The standard InChI is InChI=1S/C21H21NO5/c23-12-15-8-10-17(11-9-15)26-14-21(25)27-13-20(24)22-19-7-3-5-16-4-1-2-6-18(16)19/h1-2,4,6,8-12,19H,3,5,7,13-14H2,(H,22,24)/t19-/m0/s1. The Morgan fingerprint density at radius 2 is 1.85 bits per heavy atom. The lowest BCUT2D eigenvalue weighted by Crippen LogP contribution is -2.34. The minimum atomic E-state index is -0.631. The van der Waals surface area contributed by atoms with E-state index < -0.39 is 5.97 Å². The Kier molecular flexibility index (Phi) is 6.20. The largest absolute Gasteiger partial charge is 0.482 e. The molecular weight excluding hydrogens is 346 g/mol. The summed E-state index contributed by atoms with van der Waals surface area (Å²) >= 11 is 0. The Hall–Kier alpha value is -3.15. The number of carbonyl (C=O) groups excluding carboxylic acids is 3. The summed E-state index contributed by atoms with van der Waals surface area (Å²) in [6, 6.07) is 14.4. The number of carbonyl (C=O) groups is 3. The molecule has 0 unspecified atom stereocenters. The monoisotopic (exact) mass is 367 g/mol. The molecule has 0 saturated carbocycles. The average Bonchev–Trinajstić information content (AvgIpc) is 2.71. The number of hydrogen-bond donors (Lipinski definition) is 1. The first-order valence-electron chi connectivity index (χ1n) is 8.86. The van der Waals surface area contributed by atoms with Gasteiger partial charge in [-0.3, -0.25) is 9.59 Å². The van der Waals surface area contributed by atoms with Crippen molar-refractivity contribution in [2.45, 2.75) is 25.3 Å². The van der Waals surface area contributed by atoms with Gasteiger partial charge in [0, 0.05) is 5.56 Å². The molecule has 1 amide bonds. The van der Waals surface area contributed by atoms with Crippen LogP contribution in [0.25, 0.3) is 0 Å². The lowest BCUT2D eigenvalue weighted by Gasteiger charge is -2.26. The zero-order valence-electron chi connectivity index (χ0n) is 14.9. The normalized spacial score (nSPS) is 15.3. The number of ether oxygens (including phenoxy) is 2. The number of benzene rings is 2. The number of esters is 1. The Morgan fingerprint density at radius 3 is 2.63 bits per heavy atom. The Morgan fingerprint density at radius 1 is 1.07 bits per heavy atom. The van der Waals surface area contributed by atoms with E-state index >= 15 is 0 Å². The zero-order chi connectivity index (χ0) is 19.1. The molecule has 0 bridgehead atoms. The van der Waals surface area contributed by atoms with Crippen LogP contribution in [0.4, 0.5) is 0 Å². The molecule has 1 N–H and O–H groups in total. The maximum atomic E-state index is 12.1. The zero-order valence-corrected chi connectivity index (χ0v) is 14.9. The third kappa shape index (κ3) is 5.17. The molecule has 0 radical (unpaired) electrons. The SMILES string of the molecule is O=Cc1ccc(OCC(=O)OCC(=O)N[C@H]2CCCc3ccccc32)cc1. The van der Waals surface area contributed by atoms with Crippen molar-refractivity contribution in [1.29, 1.82) is 0 Å². The molecule has 1 aliphatic carbocycles. The van der Waals surface area contributed by atoms with E-state index in [9.17, 15) is 14.4 Å². The number of aldehydes is 1. The van der Waals surface area contributed by atoms with Crippen LogP contribution in [0.15, 0.2) is 48.5 Å². The quantitative estimate of drug-likeness (QED) is 0.601. The van der Waals surface area contributed by atoms with E-state index in [1.165, 1.54) is 5.56 Å². The molecule has 0 fully saturated rings. The summed E-state index contributed by atoms with van der Waals surface area (Å²) in [6.45, 7) is -0.648. The van der Waals surface area contributed by atoms with Gasteiger partial charge in [0.05, 0.1) is 6.04 Å². The highest BCUT2D eigenvalue weighted by molar-refractivity contribution is 5.81. The van der Waals surface area contributed by atoms with Crippen LogP contribution in [0.1, 0.15) is 40.4 Å². The molecule has 0 saturated heterocycles. The number of nitrogens with one attached hydrogen (secondary N) is 1. The van der Waals surface area contributed by atoms with Crippen LogP contribution in [0.3, 0.4) is 0 Å². The molecule has 140 valence electrons. The van der Waals surface area contributed by atoms with E-state index in [2.05, 4.69) is 11.4 Å². The second-order valence-electron chi connectivity index (χ2n) is 6.35. The van der Waals surface area contributed by atoms with Crippen LogP contribution in [0.5, 0.6) is 5.75 Å². The third-order valence-corrected chi connectivity index (χ3v) is 4.44.